The fourth-order valence-corrected chi connectivity index (χ4v) is 9.01. The van der Waals surface area contributed by atoms with Crippen LogP contribution in [0.5, 0.6) is 0 Å². The third-order valence-corrected chi connectivity index (χ3v) is 10.0. The van der Waals surface area contributed by atoms with Crippen molar-refractivity contribution in [3.8, 4) is 0 Å². The van der Waals surface area contributed by atoms with Crippen LogP contribution in [-0.2, 0) is 28.7 Å². The van der Waals surface area contributed by atoms with Crippen LogP contribution in [0.4, 0.5) is 0 Å². The van der Waals surface area contributed by atoms with Gasteiger partial charge in [0.1, 0.15) is 0 Å². The molecule has 6 heteroatoms. The second-order valence-electron chi connectivity index (χ2n) is 11.3. The average Bonchev–Trinajstić information content (AvgIpc) is 3.67. The van der Waals surface area contributed by atoms with Gasteiger partial charge in [-0.05, 0) is 73.0 Å². The van der Waals surface area contributed by atoms with Crippen LogP contribution in [0.3, 0.4) is 0 Å². The fraction of sp³-hybridized carbons (Fsp3) is 0.571. The van der Waals surface area contributed by atoms with Crippen molar-refractivity contribution >= 4 is 23.9 Å². The molecule has 9 rings (SSSR count). The Hall–Kier alpha value is -2.76. The molecule has 34 heavy (non-hydrogen) atoms. The lowest BCUT2D eigenvalue weighted by Crippen LogP contribution is -2.38. The number of carbonyl (C=O) groups excluding carboxylic acids is 4. The van der Waals surface area contributed by atoms with E-state index in [4.69, 9.17) is 4.74 Å². The second-order valence-corrected chi connectivity index (χ2v) is 11.3. The predicted octanol–water partition coefficient (Wildman–Crippen LogP) is 3.40. The third kappa shape index (κ3) is 2.74. The maximum atomic E-state index is 11.8. The largest absolute Gasteiger partial charge is 0.393 e. The predicted molar refractivity (Wildman–Crippen MR) is 119 cm³/mol. The van der Waals surface area contributed by atoms with Gasteiger partial charge in [-0.1, -0.05) is 48.6 Å². The van der Waals surface area contributed by atoms with Gasteiger partial charge >= 0.3 is 23.9 Å². The molecule has 6 nitrogen and oxygen atoms in total. The molecule has 12 unspecified atom stereocenters. The first-order valence-corrected chi connectivity index (χ1v) is 12.7. The van der Waals surface area contributed by atoms with E-state index in [-0.39, 0.29) is 59.4 Å². The SMILES string of the molecule is C1=CCC=C1.O=C1OC(=O)C2C3C=CC(C3)C12.O=C1OC(=O)C2C3CC(C12)C1C2C=CC(C2)C31. The highest BCUT2D eigenvalue weighted by Crippen LogP contribution is 2.69. The van der Waals surface area contributed by atoms with Crippen LogP contribution in [0.25, 0.3) is 0 Å². The first-order chi connectivity index (χ1) is 16.5. The quantitative estimate of drug-likeness (QED) is 0.238. The van der Waals surface area contributed by atoms with Crippen LogP contribution >= 0.6 is 0 Å². The molecule has 0 spiro atoms. The molecule has 176 valence electrons. The van der Waals surface area contributed by atoms with E-state index in [0.29, 0.717) is 35.5 Å². The van der Waals surface area contributed by atoms with Gasteiger partial charge in [-0.15, -0.1) is 0 Å². The van der Waals surface area contributed by atoms with E-state index < -0.39 is 0 Å². The van der Waals surface area contributed by atoms with E-state index in [2.05, 4.69) is 41.2 Å². The fourth-order valence-electron chi connectivity index (χ4n) is 9.01. The molecule has 2 heterocycles. The molecule has 6 bridgehead atoms. The molecule has 0 aromatic carbocycles. The molecule has 6 fully saturated rings. The standard InChI is InChI=1S/C14H14O3.C9H8O3.C5H6/c15-13-11-7-4-8(12(11)14(16)17-13)10-6-2-1-5(3-6)9(7)10;10-8-6-4-1-2-5(3-4)7(6)9(11)12-8;1-2-4-5-3-1/h1-2,5-12H,3-4H2;1-2,4-7H,3H2;1-4H,5H2. The molecule has 0 amide bonds. The number of cyclic esters (lactones) is 4. The van der Waals surface area contributed by atoms with E-state index in [1.807, 2.05) is 12.2 Å². The monoisotopic (exact) mass is 460 g/mol. The average molecular weight is 461 g/mol. The van der Waals surface area contributed by atoms with E-state index in [1.54, 1.807) is 0 Å². The van der Waals surface area contributed by atoms with E-state index in [1.165, 1.54) is 6.42 Å². The van der Waals surface area contributed by atoms with Gasteiger partial charge in [-0.25, -0.2) is 0 Å². The number of fused-ring (bicyclic) bond motifs is 17. The minimum atomic E-state index is -0.304. The molecule has 2 saturated heterocycles. The first kappa shape index (κ1) is 20.6. The summed E-state index contributed by atoms with van der Waals surface area (Å²) in [5.41, 5.74) is 0. The summed E-state index contributed by atoms with van der Waals surface area (Å²) in [7, 11) is 0. The summed E-state index contributed by atoms with van der Waals surface area (Å²) in [6.07, 6.45) is 21.6. The van der Waals surface area contributed by atoms with E-state index in [9.17, 15) is 19.2 Å². The summed E-state index contributed by atoms with van der Waals surface area (Å²) in [5, 5.41) is 0. The molecular weight excluding hydrogens is 432 g/mol. The van der Waals surface area contributed by atoms with Gasteiger partial charge in [-0.2, -0.15) is 0 Å². The highest BCUT2D eigenvalue weighted by Gasteiger charge is 2.70. The van der Waals surface area contributed by atoms with Gasteiger partial charge in [0.15, 0.2) is 0 Å². The Kier molecular flexibility index (Phi) is 4.46. The zero-order valence-corrected chi connectivity index (χ0v) is 18.8. The van der Waals surface area contributed by atoms with Crippen molar-refractivity contribution in [3.05, 3.63) is 48.6 Å². The summed E-state index contributed by atoms with van der Waals surface area (Å²) in [4.78, 5) is 45.9. The zero-order valence-electron chi connectivity index (χ0n) is 18.8. The van der Waals surface area contributed by atoms with Gasteiger partial charge in [0.2, 0.25) is 0 Å². The number of carbonyl (C=O) groups is 4. The maximum Gasteiger partial charge on any atom is 0.318 e. The summed E-state index contributed by atoms with van der Waals surface area (Å²) in [6.45, 7) is 0. The number of ether oxygens (including phenoxy) is 2. The summed E-state index contributed by atoms with van der Waals surface area (Å²) < 4.78 is 9.46. The normalized spacial score (nSPS) is 50.1. The zero-order chi connectivity index (χ0) is 23.1. The van der Waals surface area contributed by atoms with E-state index >= 15 is 0 Å². The van der Waals surface area contributed by atoms with Gasteiger partial charge in [0.05, 0.1) is 23.7 Å². The highest BCUT2D eigenvalue weighted by molar-refractivity contribution is 5.98. The lowest BCUT2D eigenvalue weighted by molar-refractivity contribution is -0.156. The Morgan fingerprint density at radius 3 is 1.38 bits per heavy atom. The topological polar surface area (TPSA) is 86.7 Å². The van der Waals surface area contributed by atoms with Crippen molar-refractivity contribution in [1.82, 2.24) is 0 Å². The minimum absolute atomic E-state index is 0.0819. The Morgan fingerprint density at radius 1 is 0.529 bits per heavy atom. The summed E-state index contributed by atoms with van der Waals surface area (Å²) in [6, 6.07) is 0. The van der Waals surface area contributed by atoms with Gasteiger partial charge in [0, 0.05) is 0 Å². The Bertz CT molecular complexity index is 1020. The van der Waals surface area contributed by atoms with E-state index in [0.717, 1.165) is 19.3 Å². The molecular formula is C28H28O6. The molecule has 9 aliphatic rings. The Morgan fingerprint density at radius 2 is 0.941 bits per heavy atom. The van der Waals surface area contributed by atoms with Crippen molar-refractivity contribution in [2.45, 2.75) is 25.7 Å². The Labute approximate surface area is 198 Å². The number of hydrogen-bond donors (Lipinski definition) is 0. The molecule has 0 radical (unpaired) electrons. The number of hydrogen-bond acceptors (Lipinski definition) is 6. The van der Waals surface area contributed by atoms with Crippen LogP contribution < -0.4 is 0 Å². The lowest BCUT2D eigenvalue weighted by Gasteiger charge is -2.35. The molecule has 0 N–H and O–H groups in total. The van der Waals surface area contributed by atoms with Gasteiger partial charge in [-0.3, -0.25) is 19.2 Å². The van der Waals surface area contributed by atoms with Crippen molar-refractivity contribution < 1.29 is 28.7 Å². The summed E-state index contributed by atoms with van der Waals surface area (Å²) in [5.74, 6) is 2.64. The van der Waals surface area contributed by atoms with Crippen LogP contribution in [0.1, 0.15) is 25.7 Å². The van der Waals surface area contributed by atoms with Crippen molar-refractivity contribution in [1.29, 1.82) is 0 Å². The molecule has 4 saturated carbocycles. The molecule has 7 aliphatic carbocycles. The van der Waals surface area contributed by atoms with Crippen LogP contribution in [0, 0.1) is 71.0 Å². The second kappa shape index (κ2) is 7.37. The van der Waals surface area contributed by atoms with Crippen molar-refractivity contribution in [2.75, 3.05) is 0 Å². The molecule has 0 aromatic rings. The number of allylic oxidation sites excluding steroid dienone is 8. The number of esters is 4. The van der Waals surface area contributed by atoms with Crippen LogP contribution in [0.2, 0.25) is 0 Å². The minimum Gasteiger partial charge on any atom is -0.393 e. The molecule has 12 atom stereocenters. The van der Waals surface area contributed by atoms with Crippen molar-refractivity contribution in [3.63, 3.8) is 0 Å². The smallest absolute Gasteiger partial charge is 0.318 e. The first-order valence-electron chi connectivity index (χ1n) is 12.7. The third-order valence-electron chi connectivity index (χ3n) is 10.0. The highest BCUT2D eigenvalue weighted by atomic mass is 16.6. The molecule has 0 aromatic heterocycles. The lowest BCUT2D eigenvalue weighted by atomic mass is 9.65. The van der Waals surface area contributed by atoms with Crippen LogP contribution in [-0.4, -0.2) is 23.9 Å². The van der Waals surface area contributed by atoms with Gasteiger partial charge < -0.3 is 9.47 Å². The Balaban J connectivity index is 0.000000102. The molecule has 2 aliphatic heterocycles. The van der Waals surface area contributed by atoms with Crippen molar-refractivity contribution in [2.24, 2.45) is 71.0 Å². The number of rotatable bonds is 0. The van der Waals surface area contributed by atoms with Crippen LogP contribution in [0.15, 0.2) is 48.6 Å². The maximum absolute atomic E-state index is 11.8. The summed E-state index contributed by atoms with van der Waals surface area (Å²) >= 11 is 0. The van der Waals surface area contributed by atoms with Gasteiger partial charge in [0.25, 0.3) is 0 Å².